The Morgan fingerprint density at radius 2 is 1.52 bits per heavy atom. The normalized spacial score (nSPS) is 20.2. The summed E-state index contributed by atoms with van der Waals surface area (Å²) in [5.41, 5.74) is 2.49. The molecular weight excluding hydrogens is 266 g/mol. The number of aliphatic hydroxyl groups excluding tert-OH is 1. The van der Waals surface area contributed by atoms with Crippen LogP contribution in [0, 0.1) is 19.3 Å². The van der Waals surface area contributed by atoms with Crippen molar-refractivity contribution in [1.82, 2.24) is 4.90 Å². The first kappa shape index (κ1) is 14.3. The Morgan fingerprint density at radius 1 is 1.05 bits per heavy atom. The fourth-order valence-electron chi connectivity index (χ4n) is 3.69. The van der Waals surface area contributed by atoms with Crippen LogP contribution in [0.1, 0.15) is 57.5 Å². The Bertz CT molecular complexity index is 574. The Morgan fingerprint density at radius 3 is 1.95 bits per heavy atom. The second-order valence-corrected chi connectivity index (χ2v) is 6.51. The molecule has 1 aromatic carbocycles. The molecule has 4 nitrogen and oxygen atoms in total. The largest absolute Gasteiger partial charge is 0.396 e. The first-order valence-corrected chi connectivity index (χ1v) is 7.56. The average Bonchev–Trinajstić information content (AvgIpc) is 3.03. The number of fused-ring (bicyclic) bond motifs is 1. The minimum absolute atomic E-state index is 0.0400. The van der Waals surface area contributed by atoms with E-state index in [1.54, 1.807) is 0 Å². The molecule has 0 bridgehead atoms. The molecule has 1 aliphatic heterocycles. The summed E-state index contributed by atoms with van der Waals surface area (Å²) in [6, 6.07) is 3.78. The van der Waals surface area contributed by atoms with Crippen molar-refractivity contribution in [3.8, 4) is 0 Å². The summed E-state index contributed by atoms with van der Waals surface area (Å²) in [6.45, 7) is 4.11. The standard InChI is InChI=1S/C17H21NO3/c1-11-5-6-12(2)14-13(11)15(20)18(16(14)21)9-17(10-19)7-3-4-8-17/h5-6,19H,3-4,7-10H2,1-2H3. The molecule has 21 heavy (non-hydrogen) atoms. The van der Waals surface area contributed by atoms with Gasteiger partial charge in [-0.25, -0.2) is 0 Å². The van der Waals surface area contributed by atoms with Gasteiger partial charge in [0.15, 0.2) is 0 Å². The number of aliphatic hydroxyl groups is 1. The average molecular weight is 287 g/mol. The summed E-state index contributed by atoms with van der Waals surface area (Å²) in [5, 5.41) is 9.73. The van der Waals surface area contributed by atoms with Gasteiger partial charge in [-0.1, -0.05) is 25.0 Å². The molecule has 0 spiro atoms. The number of benzene rings is 1. The first-order chi connectivity index (χ1) is 9.99. The maximum atomic E-state index is 12.6. The third-order valence-electron chi connectivity index (χ3n) is 5.03. The van der Waals surface area contributed by atoms with Crippen LogP contribution >= 0.6 is 0 Å². The number of amides is 2. The molecule has 0 aromatic heterocycles. The van der Waals surface area contributed by atoms with Crippen LogP contribution in [0.4, 0.5) is 0 Å². The second-order valence-electron chi connectivity index (χ2n) is 6.51. The monoisotopic (exact) mass is 287 g/mol. The molecule has 3 rings (SSSR count). The molecular formula is C17H21NO3. The van der Waals surface area contributed by atoms with Crippen LogP contribution in [-0.2, 0) is 0 Å². The van der Waals surface area contributed by atoms with E-state index < -0.39 is 0 Å². The maximum absolute atomic E-state index is 12.6. The van der Waals surface area contributed by atoms with Gasteiger partial charge in [-0.15, -0.1) is 0 Å². The molecule has 0 unspecified atom stereocenters. The molecule has 1 aromatic rings. The van der Waals surface area contributed by atoms with E-state index in [4.69, 9.17) is 0 Å². The third-order valence-corrected chi connectivity index (χ3v) is 5.03. The van der Waals surface area contributed by atoms with Crippen molar-refractivity contribution in [3.63, 3.8) is 0 Å². The lowest BCUT2D eigenvalue weighted by Gasteiger charge is -2.30. The van der Waals surface area contributed by atoms with Gasteiger partial charge in [0.05, 0.1) is 17.7 Å². The summed E-state index contributed by atoms with van der Waals surface area (Å²) in [7, 11) is 0. The van der Waals surface area contributed by atoms with Crippen LogP contribution in [0.2, 0.25) is 0 Å². The van der Waals surface area contributed by atoms with Crippen molar-refractivity contribution in [3.05, 3.63) is 34.4 Å². The molecule has 0 atom stereocenters. The first-order valence-electron chi connectivity index (χ1n) is 7.56. The van der Waals surface area contributed by atoms with E-state index in [1.165, 1.54) is 4.90 Å². The van der Waals surface area contributed by atoms with Gasteiger partial charge in [0, 0.05) is 12.0 Å². The smallest absolute Gasteiger partial charge is 0.261 e. The molecule has 0 saturated heterocycles. The zero-order valence-electron chi connectivity index (χ0n) is 12.6. The minimum Gasteiger partial charge on any atom is -0.396 e. The molecule has 2 aliphatic rings. The topological polar surface area (TPSA) is 57.6 Å². The number of rotatable bonds is 3. The van der Waals surface area contributed by atoms with Crippen LogP contribution in [0.25, 0.3) is 0 Å². The van der Waals surface area contributed by atoms with E-state index in [-0.39, 0.29) is 23.8 Å². The predicted molar refractivity (Wildman–Crippen MR) is 79.3 cm³/mol. The molecule has 1 aliphatic carbocycles. The van der Waals surface area contributed by atoms with Crippen LogP contribution in [0.15, 0.2) is 12.1 Å². The lowest BCUT2D eigenvalue weighted by Crippen LogP contribution is -2.41. The third kappa shape index (κ3) is 2.09. The van der Waals surface area contributed by atoms with Crippen LogP contribution in [-0.4, -0.2) is 35.0 Å². The number of imide groups is 1. The SMILES string of the molecule is Cc1ccc(C)c2c1C(=O)N(CC1(CO)CCCC1)C2=O. The zero-order chi connectivity index (χ0) is 15.2. The Kier molecular flexibility index (Phi) is 3.36. The van der Waals surface area contributed by atoms with Crippen molar-refractivity contribution in [2.75, 3.05) is 13.2 Å². The lowest BCUT2D eigenvalue weighted by atomic mass is 9.86. The molecule has 1 fully saturated rings. The summed E-state index contributed by atoms with van der Waals surface area (Å²) < 4.78 is 0. The van der Waals surface area contributed by atoms with Crippen molar-refractivity contribution >= 4 is 11.8 Å². The lowest BCUT2D eigenvalue weighted by molar-refractivity contribution is 0.0475. The van der Waals surface area contributed by atoms with E-state index >= 15 is 0 Å². The van der Waals surface area contributed by atoms with Gasteiger partial charge in [-0.2, -0.15) is 0 Å². The van der Waals surface area contributed by atoms with E-state index in [9.17, 15) is 14.7 Å². The predicted octanol–water partition coefficient (Wildman–Crippen LogP) is 2.45. The second kappa shape index (κ2) is 4.95. The van der Waals surface area contributed by atoms with Crippen LogP contribution in [0.3, 0.4) is 0 Å². The van der Waals surface area contributed by atoms with Gasteiger partial charge in [0.2, 0.25) is 0 Å². The summed E-state index contributed by atoms with van der Waals surface area (Å²) in [6.07, 6.45) is 3.88. The zero-order valence-corrected chi connectivity index (χ0v) is 12.6. The van der Waals surface area contributed by atoms with Crippen LogP contribution < -0.4 is 0 Å². The summed E-state index contributed by atoms with van der Waals surface area (Å²) >= 11 is 0. The van der Waals surface area contributed by atoms with E-state index in [0.717, 1.165) is 36.8 Å². The van der Waals surface area contributed by atoms with Gasteiger partial charge < -0.3 is 5.11 Å². The molecule has 0 radical (unpaired) electrons. The summed E-state index contributed by atoms with van der Waals surface area (Å²) in [5.74, 6) is -0.396. The number of carbonyl (C=O) groups is 2. The number of nitrogens with zero attached hydrogens (tertiary/aromatic N) is 1. The highest BCUT2D eigenvalue weighted by Crippen LogP contribution is 2.40. The maximum Gasteiger partial charge on any atom is 0.261 e. The fourth-order valence-corrected chi connectivity index (χ4v) is 3.69. The molecule has 112 valence electrons. The Labute approximate surface area is 124 Å². The highest BCUT2D eigenvalue weighted by atomic mass is 16.3. The van der Waals surface area contributed by atoms with Crippen molar-refractivity contribution < 1.29 is 14.7 Å². The number of hydrogen-bond acceptors (Lipinski definition) is 3. The van der Waals surface area contributed by atoms with Gasteiger partial charge in [0.25, 0.3) is 11.8 Å². The van der Waals surface area contributed by atoms with Crippen molar-refractivity contribution in [1.29, 1.82) is 0 Å². The van der Waals surface area contributed by atoms with Crippen molar-refractivity contribution in [2.24, 2.45) is 5.41 Å². The Hall–Kier alpha value is -1.68. The van der Waals surface area contributed by atoms with E-state index in [2.05, 4.69) is 0 Å². The van der Waals surface area contributed by atoms with Gasteiger partial charge in [0.1, 0.15) is 0 Å². The van der Waals surface area contributed by atoms with E-state index in [0.29, 0.717) is 17.7 Å². The van der Waals surface area contributed by atoms with Gasteiger partial charge in [-0.3, -0.25) is 14.5 Å². The quantitative estimate of drug-likeness (QED) is 0.869. The number of carbonyl (C=O) groups excluding carboxylic acids is 2. The Balaban J connectivity index is 1.97. The van der Waals surface area contributed by atoms with Crippen molar-refractivity contribution in [2.45, 2.75) is 39.5 Å². The van der Waals surface area contributed by atoms with Crippen LogP contribution in [0.5, 0.6) is 0 Å². The van der Waals surface area contributed by atoms with Gasteiger partial charge >= 0.3 is 0 Å². The number of aryl methyl sites for hydroxylation is 2. The highest BCUT2D eigenvalue weighted by Gasteiger charge is 2.43. The minimum atomic E-state index is -0.296. The number of hydrogen-bond donors (Lipinski definition) is 1. The summed E-state index contributed by atoms with van der Waals surface area (Å²) in [4.78, 5) is 26.7. The van der Waals surface area contributed by atoms with Gasteiger partial charge in [-0.05, 0) is 37.8 Å². The fraction of sp³-hybridized carbons (Fsp3) is 0.529. The molecule has 1 N–H and O–H groups in total. The highest BCUT2D eigenvalue weighted by molar-refractivity contribution is 6.22. The molecule has 1 heterocycles. The molecule has 2 amide bonds. The van der Waals surface area contributed by atoms with E-state index in [1.807, 2.05) is 26.0 Å². The molecule has 1 saturated carbocycles. The molecule has 4 heteroatoms.